The summed E-state index contributed by atoms with van der Waals surface area (Å²) in [5.41, 5.74) is 7.06. The molecule has 0 bridgehead atoms. The normalized spacial score (nSPS) is 11.7. The number of nitrogens with zero attached hydrogens (tertiary/aromatic N) is 3. The van der Waals surface area contributed by atoms with Gasteiger partial charge in [0.15, 0.2) is 11.6 Å². The van der Waals surface area contributed by atoms with Gasteiger partial charge in [-0.3, -0.25) is 0 Å². The average molecular weight is 640 g/mol. The zero-order chi connectivity index (χ0) is 33.0. The van der Waals surface area contributed by atoms with Gasteiger partial charge in [0.05, 0.1) is 0 Å². The van der Waals surface area contributed by atoms with Crippen LogP contribution in [0.4, 0.5) is 0 Å². The SMILES string of the molecule is c1ccc(-c2nc(Cc3cccc4oc5ccc(-c6ccc7c8ccccc8c8ccccc8c7c6)cc5c34)nc(-c3ccccc3)n2)cc1. The molecule has 4 nitrogen and oxygen atoms in total. The van der Waals surface area contributed by atoms with E-state index in [0.717, 1.165) is 44.2 Å². The summed E-state index contributed by atoms with van der Waals surface area (Å²) in [5, 5.41) is 9.79. The van der Waals surface area contributed by atoms with Gasteiger partial charge in [-0.1, -0.05) is 140 Å². The van der Waals surface area contributed by atoms with Gasteiger partial charge in [-0.25, -0.2) is 15.0 Å². The highest BCUT2D eigenvalue weighted by Crippen LogP contribution is 2.39. The molecule has 0 aliphatic carbocycles. The standard InChI is InChI=1S/C46H29N3O/c1-3-12-29(13-4-1)45-47-43(48-46(49-45)30-14-5-2-6-15-30)28-33-16-11-21-42-44(33)40-27-32(23-25-41(40)50-42)31-22-24-38-36-19-8-7-17-34(36)35-18-9-10-20-37(35)39(38)26-31/h1-27H,28H2. The number of benzene rings is 8. The van der Waals surface area contributed by atoms with E-state index >= 15 is 0 Å². The van der Waals surface area contributed by atoms with Crippen molar-refractivity contribution in [2.45, 2.75) is 6.42 Å². The van der Waals surface area contributed by atoms with Crippen LogP contribution in [0, 0.1) is 0 Å². The van der Waals surface area contributed by atoms with Crippen LogP contribution in [0.2, 0.25) is 0 Å². The van der Waals surface area contributed by atoms with E-state index in [1.165, 1.54) is 37.9 Å². The average Bonchev–Trinajstić information content (AvgIpc) is 3.57. The van der Waals surface area contributed by atoms with E-state index in [4.69, 9.17) is 19.4 Å². The molecular formula is C46H29N3O. The van der Waals surface area contributed by atoms with Gasteiger partial charge < -0.3 is 4.42 Å². The van der Waals surface area contributed by atoms with E-state index in [-0.39, 0.29) is 0 Å². The second kappa shape index (κ2) is 11.5. The number of rotatable bonds is 5. The van der Waals surface area contributed by atoms with Gasteiger partial charge in [0.1, 0.15) is 17.0 Å². The molecule has 0 aliphatic heterocycles. The molecule has 0 aliphatic rings. The Morgan fingerprint density at radius 3 is 1.50 bits per heavy atom. The molecule has 2 aromatic heterocycles. The summed E-state index contributed by atoms with van der Waals surface area (Å²) in [5.74, 6) is 2.04. The van der Waals surface area contributed by atoms with Crippen molar-refractivity contribution in [1.82, 2.24) is 15.0 Å². The molecule has 0 spiro atoms. The first-order chi connectivity index (χ1) is 24.8. The number of hydrogen-bond acceptors (Lipinski definition) is 4. The highest BCUT2D eigenvalue weighted by atomic mass is 16.3. The second-order valence-electron chi connectivity index (χ2n) is 12.8. The molecule has 4 heteroatoms. The third kappa shape index (κ3) is 4.73. The van der Waals surface area contributed by atoms with Crippen LogP contribution >= 0.6 is 0 Å². The number of fused-ring (bicyclic) bond motifs is 9. The lowest BCUT2D eigenvalue weighted by molar-refractivity contribution is 0.668. The third-order valence-electron chi connectivity index (χ3n) is 9.75. The monoisotopic (exact) mass is 639 g/mol. The van der Waals surface area contributed by atoms with E-state index in [1.54, 1.807) is 0 Å². The maximum absolute atomic E-state index is 6.43. The van der Waals surface area contributed by atoms with Crippen molar-refractivity contribution in [2.24, 2.45) is 0 Å². The molecule has 0 amide bonds. The van der Waals surface area contributed by atoms with Gasteiger partial charge in [0.2, 0.25) is 0 Å². The molecule has 10 rings (SSSR count). The Kier molecular flexibility index (Phi) is 6.53. The van der Waals surface area contributed by atoms with E-state index in [1.807, 2.05) is 66.7 Å². The molecular weight excluding hydrogens is 611 g/mol. The lowest BCUT2D eigenvalue weighted by Crippen LogP contribution is -2.04. The molecule has 0 unspecified atom stereocenters. The fraction of sp³-hybridized carbons (Fsp3) is 0.0217. The maximum atomic E-state index is 6.43. The van der Waals surface area contributed by atoms with Crippen LogP contribution in [0.15, 0.2) is 168 Å². The number of hydrogen-bond donors (Lipinski definition) is 0. The zero-order valence-electron chi connectivity index (χ0n) is 27.0. The van der Waals surface area contributed by atoms with Gasteiger partial charge in [-0.15, -0.1) is 0 Å². The van der Waals surface area contributed by atoms with Gasteiger partial charge in [0, 0.05) is 28.3 Å². The Hall–Kier alpha value is -6.65. The van der Waals surface area contributed by atoms with Gasteiger partial charge in [-0.05, 0) is 73.3 Å². The van der Waals surface area contributed by atoms with Gasteiger partial charge >= 0.3 is 0 Å². The molecule has 0 saturated heterocycles. The lowest BCUT2D eigenvalue weighted by Gasteiger charge is -2.12. The smallest absolute Gasteiger partial charge is 0.163 e. The molecule has 0 saturated carbocycles. The van der Waals surface area contributed by atoms with Crippen molar-refractivity contribution in [3.63, 3.8) is 0 Å². The van der Waals surface area contributed by atoms with Gasteiger partial charge in [0.25, 0.3) is 0 Å². The van der Waals surface area contributed by atoms with E-state index in [2.05, 4.69) is 97.1 Å². The maximum Gasteiger partial charge on any atom is 0.163 e. The summed E-state index contributed by atoms with van der Waals surface area (Å²) >= 11 is 0. The molecule has 8 aromatic carbocycles. The summed E-state index contributed by atoms with van der Waals surface area (Å²) in [6.07, 6.45) is 0.535. The van der Waals surface area contributed by atoms with E-state index < -0.39 is 0 Å². The molecule has 0 atom stereocenters. The van der Waals surface area contributed by atoms with Crippen molar-refractivity contribution >= 4 is 54.3 Å². The predicted octanol–water partition coefficient (Wildman–Crippen LogP) is 11.8. The summed E-state index contributed by atoms with van der Waals surface area (Å²) < 4.78 is 6.43. The van der Waals surface area contributed by atoms with Crippen molar-refractivity contribution < 1.29 is 4.42 Å². The van der Waals surface area contributed by atoms with Crippen molar-refractivity contribution in [1.29, 1.82) is 0 Å². The zero-order valence-corrected chi connectivity index (χ0v) is 27.0. The Labute approximate surface area is 288 Å². The van der Waals surface area contributed by atoms with Crippen LogP contribution in [0.5, 0.6) is 0 Å². The second-order valence-corrected chi connectivity index (χ2v) is 12.8. The highest BCUT2D eigenvalue weighted by molar-refractivity contribution is 6.25. The van der Waals surface area contributed by atoms with Gasteiger partial charge in [-0.2, -0.15) is 0 Å². The Bertz CT molecular complexity index is 2800. The van der Waals surface area contributed by atoms with Crippen molar-refractivity contribution in [3.8, 4) is 33.9 Å². The quantitative estimate of drug-likeness (QED) is 0.176. The Morgan fingerprint density at radius 2 is 0.880 bits per heavy atom. The van der Waals surface area contributed by atoms with Crippen LogP contribution < -0.4 is 0 Å². The first-order valence-corrected chi connectivity index (χ1v) is 16.9. The number of furan rings is 1. The fourth-order valence-electron chi connectivity index (χ4n) is 7.42. The van der Waals surface area contributed by atoms with Crippen LogP contribution in [-0.2, 0) is 6.42 Å². The summed E-state index contributed by atoms with van der Waals surface area (Å²) in [6, 6.07) is 57.3. The molecule has 10 aromatic rings. The minimum Gasteiger partial charge on any atom is -0.456 e. The minimum atomic E-state index is 0.535. The first kappa shape index (κ1) is 28.4. The molecule has 0 fully saturated rings. The highest BCUT2D eigenvalue weighted by Gasteiger charge is 2.17. The van der Waals surface area contributed by atoms with Crippen LogP contribution in [0.1, 0.15) is 11.4 Å². The van der Waals surface area contributed by atoms with Crippen molar-refractivity contribution in [2.75, 3.05) is 0 Å². The summed E-state index contributed by atoms with van der Waals surface area (Å²) in [6.45, 7) is 0. The molecule has 0 radical (unpaired) electrons. The summed E-state index contributed by atoms with van der Waals surface area (Å²) in [4.78, 5) is 14.8. The predicted molar refractivity (Wildman–Crippen MR) is 205 cm³/mol. The Morgan fingerprint density at radius 1 is 0.360 bits per heavy atom. The lowest BCUT2D eigenvalue weighted by atomic mass is 9.92. The minimum absolute atomic E-state index is 0.535. The van der Waals surface area contributed by atoms with Crippen LogP contribution in [-0.4, -0.2) is 15.0 Å². The number of aromatic nitrogens is 3. The van der Waals surface area contributed by atoms with Crippen LogP contribution in [0.3, 0.4) is 0 Å². The Balaban J connectivity index is 1.12. The first-order valence-electron chi connectivity index (χ1n) is 16.9. The molecule has 234 valence electrons. The molecule has 0 N–H and O–H groups in total. The molecule has 50 heavy (non-hydrogen) atoms. The topological polar surface area (TPSA) is 51.8 Å². The molecule has 2 heterocycles. The van der Waals surface area contributed by atoms with E-state index in [0.29, 0.717) is 23.9 Å². The largest absolute Gasteiger partial charge is 0.456 e. The third-order valence-corrected chi connectivity index (χ3v) is 9.75. The van der Waals surface area contributed by atoms with Crippen LogP contribution in [0.25, 0.3) is 88.2 Å². The van der Waals surface area contributed by atoms with E-state index in [9.17, 15) is 0 Å². The fourth-order valence-corrected chi connectivity index (χ4v) is 7.42. The summed E-state index contributed by atoms with van der Waals surface area (Å²) in [7, 11) is 0. The van der Waals surface area contributed by atoms with Crippen molar-refractivity contribution in [3.05, 3.63) is 175 Å².